The summed E-state index contributed by atoms with van der Waals surface area (Å²) < 4.78 is 10.0. The summed E-state index contributed by atoms with van der Waals surface area (Å²) in [7, 11) is 2.99. The molecule has 0 saturated carbocycles. The highest BCUT2D eigenvalue weighted by Gasteiger charge is 2.37. The average Bonchev–Trinajstić information content (AvgIpc) is 2.86. The van der Waals surface area contributed by atoms with Crippen LogP contribution in [0.3, 0.4) is 0 Å². The molecular weight excluding hydrogens is 246 g/mol. The van der Waals surface area contributed by atoms with E-state index in [9.17, 15) is 10.1 Å². The standard InChI is InChI=1S/C13H23N3O3/c1-4-6-11(9-14)16(13(17)19-3)15-8-5-7-12(15)10-18-2/h11-12H,4-8,10H2,1-3H3/t11-,12-/m0/s1. The summed E-state index contributed by atoms with van der Waals surface area (Å²) in [5, 5.41) is 12.7. The van der Waals surface area contributed by atoms with E-state index in [4.69, 9.17) is 9.47 Å². The molecule has 0 aromatic heterocycles. The molecule has 0 aliphatic carbocycles. The number of hydrogen-bond donors (Lipinski definition) is 0. The number of rotatable bonds is 6. The molecule has 0 aromatic rings. The zero-order valence-electron chi connectivity index (χ0n) is 12.0. The van der Waals surface area contributed by atoms with Crippen LogP contribution in [0.2, 0.25) is 0 Å². The van der Waals surface area contributed by atoms with Crippen LogP contribution in [0.5, 0.6) is 0 Å². The van der Waals surface area contributed by atoms with Gasteiger partial charge in [0.1, 0.15) is 6.04 Å². The normalized spacial score (nSPS) is 20.8. The van der Waals surface area contributed by atoms with Crippen molar-refractivity contribution in [3.05, 3.63) is 0 Å². The minimum Gasteiger partial charge on any atom is -0.452 e. The molecule has 1 aliphatic rings. The van der Waals surface area contributed by atoms with Gasteiger partial charge in [-0.15, -0.1) is 0 Å². The number of carbonyl (C=O) groups is 1. The molecular formula is C13H23N3O3. The molecule has 6 heteroatoms. The van der Waals surface area contributed by atoms with Gasteiger partial charge in [0.2, 0.25) is 0 Å². The maximum Gasteiger partial charge on any atom is 0.425 e. The molecule has 1 amide bonds. The first-order valence-corrected chi connectivity index (χ1v) is 6.71. The molecule has 2 atom stereocenters. The number of ether oxygens (including phenoxy) is 2. The van der Waals surface area contributed by atoms with Crippen molar-refractivity contribution in [2.24, 2.45) is 0 Å². The van der Waals surface area contributed by atoms with Gasteiger partial charge < -0.3 is 9.47 Å². The second-order valence-electron chi connectivity index (χ2n) is 4.66. The minimum atomic E-state index is -0.477. The molecule has 6 nitrogen and oxygen atoms in total. The highest BCUT2D eigenvalue weighted by atomic mass is 16.5. The van der Waals surface area contributed by atoms with Crippen LogP contribution in [-0.2, 0) is 9.47 Å². The molecule has 0 radical (unpaired) electrons. The third kappa shape index (κ3) is 3.82. The molecule has 1 aliphatic heterocycles. The topological polar surface area (TPSA) is 65.8 Å². The SMILES string of the molecule is CCC[C@@H](C#N)N(C(=O)OC)N1CCC[C@H]1COC. The van der Waals surface area contributed by atoms with Crippen LogP contribution in [0.25, 0.3) is 0 Å². The second kappa shape index (κ2) is 7.97. The molecule has 0 aromatic carbocycles. The predicted molar refractivity (Wildman–Crippen MR) is 70.2 cm³/mol. The van der Waals surface area contributed by atoms with Crippen molar-refractivity contribution in [3.8, 4) is 6.07 Å². The Kier molecular flexibility index (Phi) is 6.60. The van der Waals surface area contributed by atoms with Crippen LogP contribution < -0.4 is 0 Å². The fraction of sp³-hybridized carbons (Fsp3) is 0.846. The van der Waals surface area contributed by atoms with Crippen LogP contribution in [-0.4, -0.2) is 55.6 Å². The highest BCUT2D eigenvalue weighted by Crippen LogP contribution is 2.23. The Hall–Kier alpha value is -1.32. The molecule has 1 fully saturated rings. The number of amides is 1. The van der Waals surface area contributed by atoms with E-state index in [0.717, 1.165) is 25.8 Å². The van der Waals surface area contributed by atoms with Crippen LogP contribution in [0, 0.1) is 11.3 Å². The summed E-state index contributed by atoms with van der Waals surface area (Å²) in [6, 6.07) is 1.86. The van der Waals surface area contributed by atoms with Crippen molar-refractivity contribution in [2.75, 3.05) is 27.4 Å². The number of hydrazine groups is 1. The first kappa shape index (κ1) is 15.7. The van der Waals surface area contributed by atoms with E-state index in [1.165, 1.54) is 12.1 Å². The van der Waals surface area contributed by atoms with Gasteiger partial charge in [0.05, 0.1) is 25.8 Å². The lowest BCUT2D eigenvalue weighted by Crippen LogP contribution is -2.54. The van der Waals surface area contributed by atoms with E-state index in [-0.39, 0.29) is 6.04 Å². The molecule has 19 heavy (non-hydrogen) atoms. The van der Waals surface area contributed by atoms with Crippen molar-refractivity contribution >= 4 is 6.09 Å². The molecule has 1 heterocycles. The van der Waals surface area contributed by atoms with E-state index in [0.29, 0.717) is 13.0 Å². The monoisotopic (exact) mass is 269 g/mol. The van der Waals surface area contributed by atoms with Crippen molar-refractivity contribution in [3.63, 3.8) is 0 Å². The molecule has 0 N–H and O–H groups in total. The number of hydrogen-bond acceptors (Lipinski definition) is 5. The maximum atomic E-state index is 12.0. The Morgan fingerprint density at radius 2 is 2.32 bits per heavy atom. The lowest BCUT2D eigenvalue weighted by molar-refractivity contribution is -0.0586. The predicted octanol–water partition coefficient (Wildman–Crippen LogP) is 1.77. The number of nitriles is 1. The molecule has 0 spiro atoms. The van der Waals surface area contributed by atoms with E-state index in [1.807, 2.05) is 11.9 Å². The van der Waals surface area contributed by atoms with E-state index in [2.05, 4.69) is 6.07 Å². The first-order chi connectivity index (χ1) is 9.19. The van der Waals surface area contributed by atoms with E-state index < -0.39 is 12.1 Å². The number of nitrogens with zero attached hydrogens (tertiary/aromatic N) is 3. The summed E-state index contributed by atoms with van der Waals surface area (Å²) >= 11 is 0. The third-order valence-electron chi connectivity index (χ3n) is 3.35. The molecule has 1 rings (SSSR count). The average molecular weight is 269 g/mol. The van der Waals surface area contributed by atoms with Gasteiger partial charge in [-0.2, -0.15) is 5.26 Å². The number of methoxy groups -OCH3 is 2. The van der Waals surface area contributed by atoms with Crippen LogP contribution in [0.1, 0.15) is 32.6 Å². The van der Waals surface area contributed by atoms with Crippen molar-refractivity contribution < 1.29 is 14.3 Å². The molecule has 108 valence electrons. The largest absolute Gasteiger partial charge is 0.452 e. The Bertz CT molecular complexity index is 330. The molecule has 1 saturated heterocycles. The van der Waals surface area contributed by atoms with E-state index >= 15 is 0 Å². The van der Waals surface area contributed by atoms with Gasteiger partial charge >= 0.3 is 6.09 Å². The zero-order chi connectivity index (χ0) is 14.3. The smallest absolute Gasteiger partial charge is 0.425 e. The van der Waals surface area contributed by atoms with Gasteiger partial charge in [-0.3, -0.25) is 0 Å². The fourth-order valence-corrected chi connectivity index (χ4v) is 2.49. The maximum absolute atomic E-state index is 12.0. The minimum absolute atomic E-state index is 0.136. The molecule has 0 bridgehead atoms. The Balaban J connectivity index is 2.89. The summed E-state index contributed by atoms with van der Waals surface area (Å²) in [5.74, 6) is 0. The Labute approximate surface area is 114 Å². The van der Waals surface area contributed by atoms with Crippen molar-refractivity contribution in [2.45, 2.75) is 44.7 Å². The van der Waals surface area contributed by atoms with Gasteiger partial charge in [0.15, 0.2) is 0 Å². The van der Waals surface area contributed by atoms with Crippen LogP contribution in [0.15, 0.2) is 0 Å². The number of carbonyl (C=O) groups excluding carboxylic acids is 1. The van der Waals surface area contributed by atoms with Crippen molar-refractivity contribution in [1.82, 2.24) is 10.0 Å². The summed E-state index contributed by atoms with van der Waals surface area (Å²) in [6.07, 6.45) is 2.97. The summed E-state index contributed by atoms with van der Waals surface area (Å²) in [4.78, 5) is 12.0. The lowest BCUT2D eigenvalue weighted by atomic mass is 10.2. The van der Waals surface area contributed by atoms with Gasteiger partial charge in [-0.1, -0.05) is 13.3 Å². The molecule has 0 unspecified atom stereocenters. The summed E-state index contributed by atoms with van der Waals surface area (Å²) in [6.45, 7) is 3.30. The first-order valence-electron chi connectivity index (χ1n) is 6.71. The van der Waals surface area contributed by atoms with Gasteiger partial charge in [-0.25, -0.2) is 14.8 Å². The quantitative estimate of drug-likeness (QED) is 0.735. The Morgan fingerprint density at radius 1 is 1.58 bits per heavy atom. The van der Waals surface area contributed by atoms with Gasteiger partial charge in [0.25, 0.3) is 0 Å². The van der Waals surface area contributed by atoms with Crippen LogP contribution in [0.4, 0.5) is 4.79 Å². The third-order valence-corrected chi connectivity index (χ3v) is 3.35. The van der Waals surface area contributed by atoms with Gasteiger partial charge in [-0.05, 0) is 19.3 Å². The second-order valence-corrected chi connectivity index (χ2v) is 4.66. The lowest BCUT2D eigenvalue weighted by Gasteiger charge is -2.37. The van der Waals surface area contributed by atoms with Crippen molar-refractivity contribution in [1.29, 1.82) is 5.26 Å². The zero-order valence-corrected chi connectivity index (χ0v) is 12.0. The van der Waals surface area contributed by atoms with Gasteiger partial charge in [0, 0.05) is 13.7 Å². The highest BCUT2D eigenvalue weighted by molar-refractivity contribution is 5.67. The summed E-state index contributed by atoms with van der Waals surface area (Å²) in [5.41, 5.74) is 0. The Morgan fingerprint density at radius 3 is 2.84 bits per heavy atom. The van der Waals surface area contributed by atoms with Crippen LogP contribution >= 0.6 is 0 Å². The van der Waals surface area contributed by atoms with E-state index in [1.54, 1.807) is 7.11 Å². The fourth-order valence-electron chi connectivity index (χ4n) is 2.49.